The Bertz CT molecular complexity index is 531. The van der Waals surface area contributed by atoms with Crippen LogP contribution in [0.4, 0.5) is 0 Å². The highest BCUT2D eigenvalue weighted by molar-refractivity contribution is 8.24. The van der Waals surface area contributed by atoms with Crippen LogP contribution in [0.15, 0.2) is 54.6 Å². The van der Waals surface area contributed by atoms with Crippen LogP contribution in [0, 0.1) is 0 Å². The molecule has 1 heterocycles. The van der Waals surface area contributed by atoms with Gasteiger partial charge in [-0.25, -0.2) is 0 Å². The normalized spacial score (nSPS) is 18.5. The van der Waals surface area contributed by atoms with E-state index in [0.717, 1.165) is 4.20 Å². The number of hydrogen-bond donors (Lipinski definition) is 0. The van der Waals surface area contributed by atoms with Crippen molar-refractivity contribution in [2.24, 2.45) is 0 Å². The molecule has 78 valence electrons. The molecule has 0 amide bonds. The van der Waals surface area contributed by atoms with Crippen molar-refractivity contribution in [1.82, 2.24) is 0 Å². The van der Waals surface area contributed by atoms with E-state index in [0.29, 0.717) is 5.25 Å². The van der Waals surface area contributed by atoms with Crippen LogP contribution < -0.4 is 0 Å². The van der Waals surface area contributed by atoms with Gasteiger partial charge < -0.3 is 0 Å². The van der Waals surface area contributed by atoms with E-state index in [-0.39, 0.29) is 0 Å². The molecule has 1 atom stereocenters. The number of thioether (sulfide) groups is 1. The topological polar surface area (TPSA) is 0 Å². The Morgan fingerprint density at radius 1 is 0.875 bits per heavy atom. The van der Waals surface area contributed by atoms with E-state index in [1.54, 1.807) is 11.8 Å². The first-order valence-electron chi connectivity index (χ1n) is 5.21. The summed E-state index contributed by atoms with van der Waals surface area (Å²) in [7, 11) is 0. The van der Waals surface area contributed by atoms with Crippen LogP contribution in [-0.4, -0.2) is 4.20 Å². The smallest absolute Gasteiger partial charge is 0.0790 e. The maximum atomic E-state index is 5.41. The molecule has 0 aromatic heterocycles. The maximum absolute atomic E-state index is 5.41. The summed E-state index contributed by atoms with van der Waals surface area (Å²) in [6.07, 6.45) is 0. The second kappa shape index (κ2) is 4.04. The van der Waals surface area contributed by atoms with E-state index in [1.165, 1.54) is 16.7 Å². The van der Waals surface area contributed by atoms with Crippen molar-refractivity contribution in [2.75, 3.05) is 0 Å². The molecule has 0 radical (unpaired) electrons. The molecule has 0 saturated carbocycles. The first-order chi connectivity index (χ1) is 7.86. The molecule has 1 aliphatic rings. The Morgan fingerprint density at radius 3 is 2.38 bits per heavy atom. The minimum Gasteiger partial charge on any atom is -0.101 e. The first-order valence-corrected chi connectivity index (χ1v) is 6.50. The number of thiocarbonyl (C=S) groups is 1. The molecular weight excluding hydrogens is 232 g/mol. The summed E-state index contributed by atoms with van der Waals surface area (Å²) in [5, 5.41) is 0.380. The zero-order valence-electron chi connectivity index (χ0n) is 8.59. The molecule has 0 fully saturated rings. The Morgan fingerprint density at radius 2 is 1.56 bits per heavy atom. The predicted molar refractivity (Wildman–Crippen MR) is 74.0 cm³/mol. The average molecular weight is 242 g/mol. The highest BCUT2D eigenvalue weighted by Crippen LogP contribution is 2.45. The lowest BCUT2D eigenvalue weighted by molar-refractivity contribution is 1.17. The summed E-state index contributed by atoms with van der Waals surface area (Å²) in [5.74, 6) is 0. The lowest BCUT2D eigenvalue weighted by atomic mass is 10.0. The number of hydrogen-bond acceptors (Lipinski definition) is 2. The highest BCUT2D eigenvalue weighted by Gasteiger charge is 2.27. The van der Waals surface area contributed by atoms with Crippen LogP contribution in [0.2, 0.25) is 0 Å². The van der Waals surface area contributed by atoms with Crippen molar-refractivity contribution < 1.29 is 0 Å². The van der Waals surface area contributed by atoms with E-state index < -0.39 is 0 Å². The largest absolute Gasteiger partial charge is 0.101 e. The van der Waals surface area contributed by atoms with Gasteiger partial charge in [-0.2, -0.15) is 0 Å². The average Bonchev–Trinajstić information content (AvgIpc) is 2.69. The van der Waals surface area contributed by atoms with Crippen molar-refractivity contribution in [3.05, 3.63) is 71.3 Å². The lowest BCUT2D eigenvalue weighted by Crippen LogP contribution is -1.91. The molecule has 0 bridgehead atoms. The molecule has 1 aliphatic heterocycles. The highest BCUT2D eigenvalue weighted by atomic mass is 32.2. The standard InChI is InChI=1S/C14H10S2/c15-14-12-9-5-4-8-11(12)13(16-14)10-6-2-1-3-7-10/h1-9,13H. The molecule has 2 heteroatoms. The molecule has 0 saturated heterocycles. The minimum absolute atomic E-state index is 0.380. The summed E-state index contributed by atoms with van der Waals surface area (Å²) >= 11 is 7.19. The first kappa shape index (κ1) is 10.1. The van der Waals surface area contributed by atoms with Gasteiger partial charge in [0.05, 0.1) is 9.45 Å². The zero-order chi connectivity index (χ0) is 11.0. The van der Waals surface area contributed by atoms with Gasteiger partial charge in [0, 0.05) is 5.56 Å². The molecule has 2 aromatic rings. The Balaban J connectivity index is 2.11. The van der Waals surface area contributed by atoms with Gasteiger partial charge in [0.25, 0.3) is 0 Å². The van der Waals surface area contributed by atoms with Crippen LogP contribution in [0.25, 0.3) is 0 Å². The maximum Gasteiger partial charge on any atom is 0.0790 e. The molecule has 1 unspecified atom stereocenters. The van der Waals surface area contributed by atoms with E-state index in [4.69, 9.17) is 12.2 Å². The summed E-state index contributed by atoms with van der Waals surface area (Å²) in [4.78, 5) is 0. The third-order valence-corrected chi connectivity index (χ3v) is 4.49. The van der Waals surface area contributed by atoms with Crippen molar-refractivity contribution in [1.29, 1.82) is 0 Å². The Labute approximate surface area is 105 Å². The minimum atomic E-state index is 0.380. The lowest BCUT2D eigenvalue weighted by Gasteiger charge is -2.09. The fraction of sp³-hybridized carbons (Fsp3) is 0.0714. The molecule has 0 nitrogen and oxygen atoms in total. The van der Waals surface area contributed by atoms with Crippen molar-refractivity contribution in [3.63, 3.8) is 0 Å². The van der Waals surface area contributed by atoms with E-state index in [1.807, 2.05) is 6.07 Å². The van der Waals surface area contributed by atoms with Crippen LogP contribution >= 0.6 is 24.0 Å². The summed E-state index contributed by atoms with van der Waals surface area (Å²) in [6.45, 7) is 0. The number of rotatable bonds is 1. The molecule has 16 heavy (non-hydrogen) atoms. The molecule has 2 aromatic carbocycles. The van der Waals surface area contributed by atoms with Gasteiger partial charge >= 0.3 is 0 Å². The number of fused-ring (bicyclic) bond motifs is 1. The summed E-state index contributed by atoms with van der Waals surface area (Å²) in [5.41, 5.74) is 3.92. The van der Waals surface area contributed by atoms with Crippen LogP contribution in [-0.2, 0) is 0 Å². The second-order valence-corrected chi connectivity index (χ2v) is 5.57. The Kier molecular flexibility index (Phi) is 2.54. The molecule has 0 N–H and O–H groups in total. The third-order valence-electron chi connectivity index (χ3n) is 2.79. The van der Waals surface area contributed by atoms with Crippen LogP contribution in [0.5, 0.6) is 0 Å². The zero-order valence-corrected chi connectivity index (χ0v) is 10.2. The van der Waals surface area contributed by atoms with Crippen LogP contribution in [0.1, 0.15) is 21.9 Å². The third kappa shape index (κ3) is 1.58. The fourth-order valence-electron chi connectivity index (χ4n) is 2.02. The van der Waals surface area contributed by atoms with Crippen LogP contribution in [0.3, 0.4) is 0 Å². The van der Waals surface area contributed by atoms with Gasteiger partial charge in [-0.3, -0.25) is 0 Å². The molecule has 3 rings (SSSR count). The fourth-order valence-corrected chi connectivity index (χ4v) is 3.65. The quantitative estimate of drug-likeness (QED) is 0.687. The monoisotopic (exact) mass is 242 g/mol. The molecule has 0 spiro atoms. The van der Waals surface area contributed by atoms with E-state index in [9.17, 15) is 0 Å². The number of benzene rings is 2. The predicted octanol–water partition coefficient (Wildman–Crippen LogP) is 4.20. The van der Waals surface area contributed by atoms with E-state index >= 15 is 0 Å². The van der Waals surface area contributed by atoms with Gasteiger partial charge in [0.2, 0.25) is 0 Å². The van der Waals surface area contributed by atoms with Gasteiger partial charge in [-0.1, -0.05) is 66.8 Å². The molecule has 0 aliphatic carbocycles. The van der Waals surface area contributed by atoms with E-state index in [2.05, 4.69) is 48.5 Å². The summed E-state index contributed by atoms with van der Waals surface area (Å²) < 4.78 is 1.02. The van der Waals surface area contributed by atoms with Gasteiger partial charge in [0.1, 0.15) is 0 Å². The van der Waals surface area contributed by atoms with Gasteiger partial charge in [-0.15, -0.1) is 11.8 Å². The SMILES string of the molecule is S=C1SC(c2ccccc2)c2ccccc21. The van der Waals surface area contributed by atoms with Crippen molar-refractivity contribution >= 4 is 28.2 Å². The van der Waals surface area contributed by atoms with Crippen molar-refractivity contribution in [2.45, 2.75) is 5.25 Å². The molecular formula is C14H10S2. The van der Waals surface area contributed by atoms with Crippen molar-refractivity contribution in [3.8, 4) is 0 Å². The van der Waals surface area contributed by atoms with Gasteiger partial charge in [0.15, 0.2) is 0 Å². The van der Waals surface area contributed by atoms with Gasteiger partial charge in [-0.05, 0) is 11.1 Å². The Hall–Kier alpha value is -1.12. The summed E-state index contributed by atoms with van der Waals surface area (Å²) in [6, 6.07) is 19.0. The second-order valence-electron chi connectivity index (χ2n) is 3.78.